The number of halogens is 1. The monoisotopic (exact) mass is 399 g/mol. The lowest BCUT2D eigenvalue weighted by atomic mass is 9.98. The van der Waals surface area contributed by atoms with Gasteiger partial charge < -0.3 is 10.6 Å². The Kier molecular flexibility index (Phi) is 7.34. The molecular formula is C25H22FN3O. The van der Waals surface area contributed by atoms with Crippen molar-refractivity contribution in [3.63, 3.8) is 0 Å². The summed E-state index contributed by atoms with van der Waals surface area (Å²) >= 11 is 0. The highest BCUT2D eigenvalue weighted by molar-refractivity contribution is 5.97. The van der Waals surface area contributed by atoms with Gasteiger partial charge >= 0.3 is 0 Å². The van der Waals surface area contributed by atoms with Crippen molar-refractivity contribution >= 4 is 5.91 Å². The Labute approximate surface area is 175 Å². The fraction of sp³-hybridized carbons (Fsp3) is 0.120. The lowest BCUT2D eigenvalue weighted by molar-refractivity contribution is -0.117. The Bertz CT molecular complexity index is 1000. The van der Waals surface area contributed by atoms with Crippen molar-refractivity contribution in [2.45, 2.75) is 12.5 Å². The number of carbonyl (C=O) groups is 1. The van der Waals surface area contributed by atoms with Gasteiger partial charge in [0.25, 0.3) is 5.91 Å². The van der Waals surface area contributed by atoms with Gasteiger partial charge in [-0.2, -0.15) is 5.26 Å². The van der Waals surface area contributed by atoms with Crippen LogP contribution < -0.4 is 10.6 Å². The van der Waals surface area contributed by atoms with E-state index in [4.69, 9.17) is 0 Å². The maximum atomic E-state index is 13.7. The SMILES string of the molecule is N#C/C(=C/NCCc1ccccc1F)C(=O)NC(c1ccccc1)c1ccccc1. The second-order valence-corrected chi connectivity index (χ2v) is 6.69. The average Bonchev–Trinajstić information content (AvgIpc) is 2.79. The number of rotatable bonds is 8. The van der Waals surface area contributed by atoms with Crippen LogP contribution in [0.2, 0.25) is 0 Å². The van der Waals surface area contributed by atoms with Gasteiger partial charge in [-0.1, -0.05) is 78.9 Å². The molecule has 0 fully saturated rings. The van der Waals surface area contributed by atoms with E-state index in [1.165, 1.54) is 12.3 Å². The number of hydrogen-bond acceptors (Lipinski definition) is 3. The maximum absolute atomic E-state index is 13.7. The van der Waals surface area contributed by atoms with Crippen molar-refractivity contribution in [3.05, 3.63) is 119 Å². The zero-order chi connectivity index (χ0) is 21.2. The van der Waals surface area contributed by atoms with E-state index in [2.05, 4.69) is 10.6 Å². The molecule has 0 unspecified atom stereocenters. The van der Waals surface area contributed by atoms with Crippen molar-refractivity contribution in [2.75, 3.05) is 6.54 Å². The van der Waals surface area contributed by atoms with Crippen molar-refractivity contribution in [1.82, 2.24) is 10.6 Å². The molecule has 3 rings (SSSR count). The first kappa shape index (κ1) is 20.8. The molecule has 30 heavy (non-hydrogen) atoms. The number of amides is 1. The molecule has 1 amide bonds. The van der Waals surface area contributed by atoms with Crippen LogP contribution in [0.25, 0.3) is 0 Å². The first-order valence-corrected chi connectivity index (χ1v) is 9.67. The number of nitrogens with one attached hydrogen (secondary N) is 2. The van der Waals surface area contributed by atoms with E-state index in [0.29, 0.717) is 18.5 Å². The Hall–Kier alpha value is -3.91. The van der Waals surface area contributed by atoms with Gasteiger partial charge in [-0.15, -0.1) is 0 Å². The first-order chi connectivity index (χ1) is 14.7. The summed E-state index contributed by atoms with van der Waals surface area (Å²) in [6.07, 6.45) is 1.82. The maximum Gasteiger partial charge on any atom is 0.264 e. The molecular weight excluding hydrogens is 377 g/mol. The highest BCUT2D eigenvalue weighted by Gasteiger charge is 2.19. The normalized spacial score (nSPS) is 11.0. The Morgan fingerprint density at radius 3 is 2.07 bits per heavy atom. The average molecular weight is 399 g/mol. The Morgan fingerprint density at radius 2 is 1.50 bits per heavy atom. The van der Waals surface area contributed by atoms with E-state index in [1.807, 2.05) is 66.7 Å². The van der Waals surface area contributed by atoms with Gasteiger partial charge in [0.15, 0.2) is 0 Å². The molecule has 150 valence electrons. The van der Waals surface area contributed by atoms with Crippen molar-refractivity contribution in [1.29, 1.82) is 5.26 Å². The smallest absolute Gasteiger partial charge is 0.264 e. The van der Waals surface area contributed by atoms with E-state index in [9.17, 15) is 14.4 Å². The van der Waals surface area contributed by atoms with Gasteiger partial charge in [-0.05, 0) is 29.2 Å². The summed E-state index contributed by atoms with van der Waals surface area (Å²) in [6.45, 7) is 0.403. The summed E-state index contributed by atoms with van der Waals surface area (Å²) in [5, 5.41) is 15.3. The van der Waals surface area contributed by atoms with Crippen LogP contribution in [0.4, 0.5) is 4.39 Å². The van der Waals surface area contributed by atoms with Crippen LogP contribution >= 0.6 is 0 Å². The van der Waals surface area contributed by atoms with Crippen LogP contribution in [0.1, 0.15) is 22.7 Å². The third-order valence-electron chi connectivity index (χ3n) is 4.65. The summed E-state index contributed by atoms with van der Waals surface area (Å²) in [6, 6.07) is 27.3. The van der Waals surface area contributed by atoms with E-state index in [-0.39, 0.29) is 17.4 Å². The van der Waals surface area contributed by atoms with Crippen molar-refractivity contribution in [2.24, 2.45) is 0 Å². The number of nitriles is 1. The molecule has 0 radical (unpaired) electrons. The molecule has 0 aliphatic carbocycles. The largest absolute Gasteiger partial charge is 0.389 e. The lowest BCUT2D eigenvalue weighted by Crippen LogP contribution is -2.31. The van der Waals surface area contributed by atoms with E-state index in [1.54, 1.807) is 18.2 Å². The Morgan fingerprint density at radius 1 is 0.933 bits per heavy atom. The first-order valence-electron chi connectivity index (χ1n) is 9.67. The third-order valence-corrected chi connectivity index (χ3v) is 4.65. The molecule has 0 saturated heterocycles. The number of benzene rings is 3. The van der Waals surface area contributed by atoms with E-state index < -0.39 is 5.91 Å². The molecule has 2 N–H and O–H groups in total. The van der Waals surface area contributed by atoms with Crippen LogP contribution in [0.5, 0.6) is 0 Å². The molecule has 0 bridgehead atoms. The number of carbonyl (C=O) groups excluding carboxylic acids is 1. The molecule has 0 heterocycles. The summed E-state index contributed by atoms with van der Waals surface area (Å²) in [4.78, 5) is 12.7. The van der Waals surface area contributed by atoms with E-state index in [0.717, 1.165) is 11.1 Å². The molecule has 5 heteroatoms. The quantitative estimate of drug-likeness (QED) is 0.338. The highest BCUT2D eigenvalue weighted by Crippen LogP contribution is 2.22. The molecule has 0 spiro atoms. The van der Waals surface area contributed by atoms with Crippen molar-refractivity contribution in [3.8, 4) is 6.07 Å². The summed E-state index contributed by atoms with van der Waals surface area (Å²) in [7, 11) is 0. The molecule has 0 aliphatic heterocycles. The second-order valence-electron chi connectivity index (χ2n) is 6.69. The van der Waals surface area contributed by atoms with E-state index >= 15 is 0 Å². The zero-order valence-electron chi connectivity index (χ0n) is 16.4. The Balaban J connectivity index is 1.68. The summed E-state index contributed by atoms with van der Waals surface area (Å²) in [5.41, 5.74) is 2.37. The third kappa shape index (κ3) is 5.55. The fourth-order valence-corrected chi connectivity index (χ4v) is 3.09. The fourth-order valence-electron chi connectivity index (χ4n) is 3.09. The molecule has 3 aromatic carbocycles. The number of nitrogens with zero attached hydrogens (tertiary/aromatic N) is 1. The highest BCUT2D eigenvalue weighted by atomic mass is 19.1. The van der Waals surface area contributed by atoms with Crippen LogP contribution in [0.3, 0.4) is 0 Å². The minimum Gasteiger partial charge on any atom is -0.389 e. The zero-order valence-corrected chi connectivity index (χ0v) is 16.4. The second kappa shape index (κ2) is 10.6. The molecule has 3 aromatic rings. The van der Waals surface area contributed by atoms with Gasteiger partial charge in [0, 0.05) is 12.7 Å². The van der Waals surface area contributed by atoms with Gasteiger partial charge in [0.05, 0.1) is 6.04 Å². The predicted octanol–water partition coefficient (Wildman–Crippen LogP) is 4.27. The van der Waals surface area contributed by atoms with Gasteiger partial charge in [0.1, 0.15) is 17.5 Å². The van der Waals surface area contributed by atoms with Crippen LogP contribution in [0, 0.1) is 17.1 Å². The summed E-state index contributed by atoms with van der Waals surface area (Å²) in [5.74, 6) is -0.747. The molecule has 0 saturated carbocycles. The lowest BCUT2D eigenvalue weighted by Gasteiger charge is -2.19. The molecule has 0 aliphatic rings. The number of hydrogen-bond donors (Lipinski definition) is 2. The van der Waals surface area contributed by atoms with Crippen LogP contribution in [0.15, 0.2) is 96.7 Å². The van der Waals surface area contributed by atoms with Crippen LogP contribution in [-0.2, 0) is 11.2 Å². The van der Waals surface area contributed by atoms with Gasteiger partial charge in [0.2, 0.25) is 0 Å². The van der Waals surface area contributed by atoms with Crippen LogP contribution in [-0.4, -0.2) is 12.5 Å². The van der Waals surface area contributed by atoms with Gasteiger partial charge in [-0.25, -0.2) is 4.39 Å². The summed E-state index contributed by atoms with van der Waals surface area (Å²) < 4.78 is 13.7. The minimum absolute atomic E-state index is 0.0413. The minimum atomic E-state index is -0.478. The van der Waals surface area contributed by atoms with Gasteiger partial charge in [-0.3, -0.25) is 4.79 Å². The molecule has 4 nitrogen and oxygen atoms in total. The van der Waals surface area contributed by atoms with Crippen molar-refractivity contribution < 1.29 is 9.18 Å². The standard InChI is InChI=1S/C25H22FN3O/c26-23-14-8-7-9-19(23)15-16-28-18-22(17-27)25(30)29-24(20-10-3-1-4-11-20)21-12-5-2-6-13-21/h1-14,18,24,28H,15-16H2,(H,29,30)/b22-18-. The molecule has 0 atom stereocenters. The molecule has 0 aromatic heterocycles. The topological polar surface area (TPSA) is 64.9 Å². The predicted molar refractivity (Wildman–Crippen MR) is 115 cm³/mol.